The molecule has 4 aromatic rings. The lowest BCUT2D eigenvalue weighted by Crippen LogP contribution is -2.14. The highest BCUT2D eigenvalue weighted by Crippen LogP contribution is 2.35. The van der Waals surface area contributed by atoms with Crippen LogP contribution in [-0.4, -0.2) is 19.2 Å². The Balaban J connectivity index is 1.63. The number of nitrogens with one attached hydrogen (secondary N) is 1. The van der Waals surface area contributed by atoms with Crippen molar-refractivity contribution < 1.29 is 17.6 Å². The molecule has 0 fully saturated rings. The zero-order chi connectivity index (χ0) is 20.2. The number of benzene rings is 2. The molecule has 2 aromatic heterocycles. The van der Waals surface area contributed by atoms with Crippen molar-refractivity contribution in [1.29, 1.82) is 0 Å². The van der Waals surface area contributed by atoms with Gasteiger partial charge in [-0.15, -0.1) is 0 Å². The number of aryl methyl sites for hydroxylation is 2. The molecule has 0 saturated carbocycles. The van der Waals surface area contributed by atoms with Gasteiger partial charge >= 0.3 is 0 Å². The monoisotopic (exact) mass is 406 g/mol. The van der Waals surface area contributed by atoms with E-state index in [1.807, 2.05) is 19.1 Å². The quantitative estimate of drug-likeness (QED) is 0.537. The molecule has 2 aromatic carbocycles. The van der Waals surface area contributed by atoms with Crippen LogP contribution in [0.3, 0.4) is 0 Å². The summed E-state index contributed by atoms with van der Waals surface area (Å²) >= 11 is 0. The maximum atomic E-state index is 13.2. The van der Waals surface area contributed by atoms with Crippen molar-refractivity contribution in [1.82, 2.24) is 4.98 Å². The summed E-state index contributed by atoms with van der Waals surface area (Å²) in [6.45, 7) is 1.81. The molecule has 0 unspecified atom stereocenters. The predicted octanol–water partition coefficient (Wildman–Crippen LogP) is 4.61. The fourth-order valence-corrected chi connectivity index (χ4v) is 5.22. The second kappa shape index (κ2) is 6.42. The number of hydrogen-bond donors (Lipinski definition) is 1. The lowest BCUT2D eigenvalue weighted by atomic mass is 9.94. The van der Waals surface area contributed by atoms with Crippen LogP contribution in [0.2, 0.25) is 0 Å². The summed E-state index contributed by atoms with van der Waals surface area (Å²) in [6.07, 6.45) is 3.55. The third-order valence-corrected chi connectivity index (χ3v) is 6.72. The zero-order valence-corrected chi connectivity index (χ0v) is 16.5. The normalized spacial score (nSPS) is 14.3. The molecule has 1 aliphatic carbocycles. The first-order chi connectivity index (χ1) is 13.9. The molecule has 1 N–H and O–H groups in total. The highest BCUT2D eigenvalue weighted by molar-refractivity contribution is 7.93. The molecule has 0 aliphatic heterocycles. The third kappa shape index (κ3) is 2.89. The number of sulfonamides is 1. The SMILES string of the molecule is Cc1cc2oc3c(c2cc1NS(=O)(=O)c1cccc2cccnc12)C(=O)CCC3. The highest BCUT2D eigenvalue weighted by Gasteiger charge is 2.26. The standard InChI is InChI=1S/C22H18N2O4S/c1-13-11-19-15(21-17(25)7-3-8-18(21)28-19)12-16(13)24-29(26,27)20-9-2-5-14-6-4-10-23-22(14)20/h2,4-6,9-12,24H,3,7-8H2,1H3. The van der Waals surface area contributed by atoms with E-state index < -0.39 is 10.0 Å². The second-order valence-electron chi connectivity index (χ2n) is 7.28. The van der Waals surface area contributed by atoms with Crippen LogP contribution in [0.5, 0.6) is 0 Å². The van der Waals surface area contributed by atoms with Gasteiger partial charge in [0.05, 0.1) is 16.8 Å². The Morgan fingerprint density at radius 1 is 1.10 bits per heavy atom. The number of carbonyl (C=O) groups is 1. The summed E-state index contributed by atoms with van der Waals surface area (Å²) in [4.78, 5) is 16.8. The van der Waals surface area contributed by atoms with Crippen molar-refractivity contribution in [2.45, 2.75) is 31.1 Å². The number of para-hydroxylation sites is 1. The Bertz CT molecular complexity index is 1400. The van der Waals surface area contributed by atoms with Crippen LogP contribution in [0.15, 0.2) is 58.0 Å². The Morgan fingerprint density at radius 2 is 1.93 bits per heavy atom. The van der Waals surface area contributed by atoms with Gasteiger partial charge in [0.15, 0.2) is 5.78 Å². The maximum Gasteiger partial charge on any atom is 0.264 e. The van der Waals surface area contributed by atoms with Gasteiger partial charge in [0.2, 0.25) is 0 Å². The minimum Gasteiger partial charge on any atom is -0.460 e. The van der Waals surface area contributed by atoms with Gasteiger partial charge in [-0.2, -0.15) is 0 Å². The van der Waals surface area contributed by atoms with Gasteiger partial charge in [0.25, 0.3) is 10.0 Å². The zero-order valence-electron chi connectivity index (χ0n) is 15.7. The van der Waals surface area contributed by atoms with Crippen molar-refractivity contribution in [2.75, 3.05) is 4.72 Å². The van der Waals surface area contributed by atoms with E-state index in [0.29, 0.717) is 45.5 Å². The fourth-order valence-electron chi connectivity index (χ4n) is 3.91. The smallest absolute Gasteiger partial charge is 0.264 e. The average molecular weight is 406 g/mol. The largest absolute Gasteiger partial charge is 0.460 e. The molecule has 0 radical (unpaired) electrons. The van der Waals surface area contributed by atoms with E-state index in [9.17, 15) is 13.2 Å². The Labute approximate surface area is 167 Å². The number of pyridine rings is 1. The molecule has 0 atom stereocenters. The second-order valence-corrected chi connectivity index (χ2v) is 8.93. The summed E-state index contributed by atoms with van der Waals surface area (Å²) < 4.78 is 34.8. The molecule has 0 amide bonds. The first-order valence-corrected chi connectivity index (χ1v) is 10.9. The van der Waals surface area contributed by atoms with E-state index in [2.05, 4.69) is 9.71 Å². The van der Waals surface area contributed by atoms with E-state index >= 15 is 0 Å². The number of nitrogens with zero attached hydrogens (tertiary/aromatic N) is 1. The number of anilines is 1. The predicted molar refractivity (Wildman–Crippen MR) is 111 cm³/mol. The molecular formula is C22H18N2O4S. The number of fused-ring (bicyclic) bond motifs is 4. The van der Waals surface area contributed by atoms with Crippen molar-refractivity contribution >= 4 is 43.4 Å². The van der Waals surface area contributed by atoms with Crippen LogP contribution in [0.4, 0.5) is 5.69 Å². The summed E-state index contributed by atoms with van der Waals surface area (Å²) in [5.74, 6) is 0.731. The molecular weight excluding hydrogens is 388 g/mol. The number of rotatable bonds is 3. The van der Waals surface area contributed by atoms with Crippen molar-refractivity contribution in [3.05, 3.63) is 65.5 Å². The average Bonchev–Trinajstić information content (AvgIpc) is 3.06. The van der Waals surface area contributed by atoms with Crippen molar-refractivity contribution in [2.24, 2.45) is 0 Å². The van der Waals surface area contributed by atoms with Crippen LogP contribution >= 0.6 is 0 Å². The topological polar surface area (TPSA) is 89.3 Å². The van der Waals surface area contributed by atoms with E-state index in [-0.39, 0.29) is 10.7 Å². The van der Waals surface area contributed by atoms with Gasteiger partial charge in [0.1, 0.15) is 16.2 Å². The molecule has 6 nitrogen and oxygen atoms in total. The Hall–Kier alpha value is -3.19. The van der Waals surface area contributed by atoms with Crippen LogP contribution in [0.25, 0.3) is 21.9 Å². The summed E-state index contributed by atoms with van der Waals surface area (Å²) in [6, 6.07) is 12.1. The molecule has 146 valence electrons. The molecule has 2 heterocycles. The summed E-state index contributed by atoms with van der Waals surface area (Å²) in [5.41, 5.74) is 2.74. The van der Waals surface area contributed by atoms with Crippen LogP contribution < -0.4 is 4.72 Å². The van der Waals surface area contributed by atoms with E-state index in [0.717, 1.165) is 18.2 Å². The van der Waals surface area contributed by atoms with Gasteiger partial charge in [0, 0.05) is 29.8 Å². The van der Waals surface area contributed by atoms with Gasteiger partial charge in [-0.3, -0.25) is 14.5 Å². The molecule has 1 aliphatic rings. The first-order valence-electron chi connectivity index (χ1n) is 9.40. The van der Waals surface area contributed by atoms with Crippen LogP contribution in [0.1, 0.15) is 34.5 Å². The van der Waals surface area contributed by atoms with Crippen molar-refractivity contribution in [3.63, 3.8) is 0 Å². The minimum atomic E-state index is -3.88. The van der Waals surface area contributed by atoms with Gasteiger partial charge in [-0.05, 0) is 43.2 Å². The number of aromatic nitrogens is 1. The number of carbonyl (C=O) groups excluding carboxylic acids is 1. The molecule has 29 heavy (non-hydrogen) atoms. The van der Waals surface area contributed by atoms with Gasteiger partial charge in [-0.1, -0.05) is 18.2 Å². The molecule has 7 heteroatoms. The number of ketones is 1. The number of Topliss-reactive ketones (excluding diaryl/α,β-unsaturated/α-hetero) is 1. The Morgan fingerprint density at radius 3 is 2.79 bits per heavy atom. The molecule has 0 bridgehead atoms. The molecule has 0 spiro atoms. The Kier molecular flexibility index (Phi) is 3.96. The van der Waals surface area contributed by atoms with E-state index in [4.69, 9.17) is 4.42 Å². The number of hydrogen-bond acceptors (Lipinski definition) is 5. The summed E-state index contributed by atoms with van der Waals surface area (Å²) in [7, 11) is -3.88. The van der Waals surface area contributed by atoms with Crippen LogP contribution in [0, 0.1) is 6.92 Å². The first kappa shape index (κ1) is 17.9. The van der Waals surface area contributed by atoms with Crippen molar-refractivity contribution in [3.8, 4) is 0 Å². The third-order valence-electron chi connectivity index (χ3n) is 5.32. The van der Waals surface area contributed by atoms with Gasteiger partial charge in [-0.25, -0.2) is 8.42 Å². The lowest BCUT2D eigenvalue weighted by Gasteiger charge is -2.12. The van der Waals surface area contributed by atoms with Gasteiger partial charge < -0.3 is 4.42 Å². The van der Waals surface area contributed by atoms with E-state index in [1.165, 1.54) is 6.07 Å². The lowest BCUT2D eigenvalue weighted by molar-refractivity contribution is 0.0971. The number of furan rings is 1. The summed E-state index contributed by atoms with van der Waals surface area (Å²) in [5, 5.41) is 1.40. The molecule has 5 rings (SSSR count). The highest BCUT2D eigenvalue weighted by atomic mass is 32.2. The maximum absolute atomic E-state index is 13.2. The van der Waals surface area contributed by atoms with Crippen LogP contribution in [-0.2, 0) is 16.4 Å². The molecule has 0 saturated heterocycles. The minimum absolute atomic E-state index is 0.0425. The fraction of sp³-hybridized carbons (Fsp3) is 0.182. The van der Waals surface area contributed by atoms with E-state index in [1.54, 1.807) is 30.5 Å².